The Morgan fingerprint density at radius 3 is 2.48 bits per heavy atom. The number of aliphatic hydroxyl groups is 1. The summed E-state index contributed by atoms with van der Waals surface area (Å²) in [7, 11) is 3.21. The highest BCUT2D eigenvalue weighted by Crippen LogP contribution is 2.17. The van der Waals surface area contributed by atoms with Crippen LogP contribution in [-0.4, -0.2) is 40.9 Å². The van der Waals surface area contributed by atoms with Gasteiger partial charge in [-0.15, -0.1) is 5.10 Å². The minimum absolute atomic E-state index is 0.155. The van der Waals surface area contributed by atoms with Gasteiger partial charge in [0, 0.05) is 7.11 Å². The first-order chi connectivity index (χ1) is 10.3. The van der Waals surface area contributed by atoms with Crippen molar-refractivity contribution >= 4 is 0 Å². The van der Waals surface area contributed by atoms with Crippen LogP contribution in [0.1, 0.15) is 11.4 Å². The van der Waals surface area contributed by atoms with Crippen LogP contribution in [0.15, 0.2) is 24.3 Å². The SMILES string of the molecule is COCc1c(CO)nnn1CCOc1ccc(OC)cc1. The van der Waals surface area contributed by atoms with E-state index in [-0.39, 0.29) is 6.61 Å². The molecule has 0 radical (unpaired) electrons. The van der Waals surface area contributed by atoms with E-state index in [0.717, 1.165) is 17.2 Å². The van der Waals surface area contributed by atoms with Crippen molar-refractivity contribution in [3.05, 3.63) is 35.7 Å². The summed E-state index contributed by atoms with van der Waals surface area (Å²) in [5.41, 5.74) is 1.29. The molecule has 1 aromatic carbocycles. The molecule has 0 saturated carbocycles. The molecule has 0 atom stereocenters. The molecule has 21 heavy (non-hydrogen) atoms. The molecule has 0 unspecified atom stereocenters. The first-order valence-electron chi connectivity index (χ1n) is 6.56. The molecule has 0 spiro atoms. The van der Waals surface area contributed by atoms with E-state index in [2.05, 4.69) is 10.3 Å². The minimum atomic E-state index is -0.155. The first kappa shape index (κ1) is 15.3. The molecule has 7 nitrogen and oxygen atoms in total. The fraction of sp³-hybridized carbons (Fsp3) is 0.429. The van der Waals surface area contributed by atoms with Gasteiger partial charge in [-0.05, 0) is 24.3 Å². The lowest BCUT2D eigenvalue weighted by Gasteiger charge is -2.09. The fourth-order valence-corrected chi connectivity index (χ4v) is 1.89. The molecule has 1 N–H and O–H groups in total. The van der Waals surface area contributed by atoms with Gasteiger partial charge in [0.15, 0.2) is 0 Å². The number of nitrogens with zero attached hydrogens (tertiary/aromatic N) is 3. The van der Waals surface area contributed by atoms with Crippen LogP contribution in [0.3, 0.4) is 0 Å². The molecule has 1 heterocycles. The third-order valence-corrected chi connectivity index (χ3v) is 2.98. The van der Waals surface area contributed by atoms with E-state index in [9.17, 15) is 5.11 Å². The van der Waals surface area contributed by atoms with Gasteiger partial charge >= 0.3 is 0 Å². The van der Waals surface area contributed by atoms with Crippen LogP contribution in [0.2, 0.25) is 0 Å². The van der Waals surface area contributed by atoms with E-state index in [0.29, 0.717) is 25.5 Å². The van der Waals surface area contributed by atoms with Gasteiger partial charge in [-0.2, -0.15) is 0 Å². The van der Waals surface area contributed by atoms with E-state index >= 15 is 0 Å². The highest BCUT2D eigenvalue weighted by molar-refractivity contribution is 5.31. The summed E-state index contributed by atoms with van der Waals surface area (Å²) in [4.78, 5) is 0. The Hall–Kier alpha value is -2.12. The van der Waals surface area contributed by atoms with Crippen molar-refractivity contribution < 1.29 is 19.3 Å². The molecular weight excluding hydrogens is 274 g/mol. The van der Waals surface area contributed by atoms with Crippen LogP contribution < -0.4 is 9.47 Å². The maximum absolute atomic E-state index is 9.20. The van der Waals surface area contributed by atoms with Crippen LogP contribution in [-0.2, 0) is 24.5 Å². The maximum atomic E-state index is 9.20. The molecule has 0 amide bonds. The van der Waals surface area contributed by atoms with Crippen LogP contribution in [0, 0.1) is 0 Å². The summed E-state index contributed by atoms with van der Waals surface area (Å²) in [5, 5.41) is 17.1. The van der Waals surface area contributed by atoms with Crippen LogP contribution in [0.25, 0.3) is 0 Å². The monoisotopic (exact) mass is 293 g/mol. The highest BCUT2D eigenvalue weighted by atomic mass is 16.5. The molecule has 0 bridgehead atoms. The first-order valence-corrected chi connectivity index (χ1v) is 6.56. The van der Waals surface area contributed by atoms with Gasteiger partial charge in [-0.3, -0.25) is 0 Å². The van der Waals surface area contributed by atoms with Gasteiger partial charge in [-0.1, -0.05) is 5.21 Å². The lowest BCUT2D eigenvalue weighted by atomic mass is 10.3. The standard InChI is InChI=1S/C14H19N3O4/c1-19-10-14-13(9-18)15-16-17(14)7-8-21-12-5-3-11(20-2)4-6-12/h3-6,18H,7-10H2,1-2H3. The number of benzene rings is 1. The number of aliphatic hydroxyl groups excluding tert-OH is 1. The third-order valence-electron chi connectivity index (χ3n) is 2.98. The van der Waals surface area contributed by atoms with E-state index < -0.39 is 0 Å². The molecular formula is C14H19N3O4. The lowest BCUT2D eigenvalue weighted by molar-refractivity contribution is 0.170. The van der Waals surface area contributed by atoms with Gasteiger partial charge < -0.3 is 19.3 Å². The van der Waals surface area contributed by atoms with Crippen molar-refractivity contribution in [1.29, 1.82) is 0 Å². The van der Waals surface area contributed by atoms with Crippen molar-refractivity contribution in [3.8, 4) is 11.5 Å². The molecule has 114 valence electrons. The van der Waals surface area contributed by atoms with E-state index in [1.54, 1.807) is 18.9 Å². The minimum Gasteiger partial charge on any atom is -0.497 e. The molecule has 2 rings (SSSR count). The summed E-state index contributed by atoms with van der Waals surface area (Å²) in [6.07, 6.45) is 0. The Labute approximate surface area is 123 Å². The van der Waals surface area contributed by atoms with E-state index in [1.807, 2.05) is 24.3 Å². The number of hydrogen-bond acceptors (Lipinski definition) is 6. The average molecular weight is 293 g/mol. The molecule has 0 fully saturated rings. The van der Waals surface area contributed by atoms with E-state index in [1.165, 1.54) is 0 Å². The second kappa shape index (κ2) is 7.61. The zero-order valence-corrected chi connectivity index (χ0v) is 12.2. The number of aromatic nitrogens is 3. The largest absolute Gasteiger partial charge is 0.497 e. The van der Waals surface area contributed by atoms with Crippen molar-refractivity contribution in [2.24, 2.45) is 0 Å². The number of ether oxygens (including phenoxy) is 3. The van der Waals surface area contributed by atoms with Crippen LogP contribution >= 0.6 is 0 Å². The zero-order chi connectivity index (χ0) is 15.1. The summed E-state index contributed by atoms with van der Waals surface area (Å²) >= 11 is 0. The molecule has 0 aliphatic carbocycles. The second-order valence-electron chi connectivity index (χ2n) is 4.32. The van der Waals surface area contributed by atoms with Crippen molar-refractivity contribution in [3.63, 3.8) is 0 Å². The molecule has 0 saturated heterocycles. The van der Waals surface area contributed by atoms with E-state index in [4.69, 9.17) is 14.2 Å². The topological polar surface area (TPSA) is 78.6 Å². The maximum Gasteiger partial charge on any atom is 0.119 e. The molecule has 0 aliphatic rings. The van der Waals surface area contributed by atoms with Crippen molar-refractivity contribution in [2.45, 2.75) is 19.8 Å². The van der Waals surface area contributed by atoms with Crippen LogP contribution in [0.4, 0.5) is 0 Å². The Bertz CT molecular complexity index is 554. The number of rotatable bonds is 8. The quantitative estimate of drug-likeness (QED) is 0.782. The van der Waals surface area contributed by atoms with Crippen molar-refractivity contribution in [1.82, 2.24) is 15.0 Å². The molecule has 7 heteroatoms. The Kier molecular flexibility index (Phi) is 5.53. The number of methoxy groups -OCH3 is 2. The average Bonchev–Trinajstić information content (AvgIpc) is 2.91. The van der Waals surface area contributed by atoms with Gasteiger partial charge in [-0.25, -0.2) is 4.68 Å². The highest BCUT2D eigenvalue weighted by Gasteiger charge is 2.11. The Morgan fingerprint density at radius 2 is 1.86 bits per heavy atom. The molecule has 2 aromatic rings. The van der Waals surface area contributed by atoms with Gasteiger partial charge in [0.25, 0.3) is 0 Å². The summed E-state index contributed by atoms with van der Waals surface area (Å²) in [6, 6.07) is 7.36. The predicted octanol–water partition coefficient (Wildman–Crippen LogP) is 1.00. The smallest absolute Gasteiger partial charge is 0.119 e. The predicted molar refractivity (Wildman–Crippen MR) is 75.1 cm³/mol. The van der Waals surface area contributed by atoms with Crippen LogP contribution in [0.5, 0.6) is 11.5 Å². The zero-order valence-electron chi connectivity index (χ0n) is 12.2. The summed E-state index contributed by atoms with van der Waals surface area (Å²) in [6.45, 7) is 1.17. The van der Waals surface area contributed by atoms with Crippen molar-refractivity contribution in [2.75, 3.05) is 20.8 Å². The van der Waals surface area contributed by atoms with Gasteiger partial charge in [0.1, 0.15) is 23.8 Å². The fourth-order valence-electron chi connectivity index (χ4n) is 1.89. The molecule has 0 aliphatic heterocycles. The normalized spacial score (nSPS) is 10.6. The second-order valence-corrected chi connectivity index (χ2v) is 4.32. The van der Waals surface area contributed by atoms with Gasteiger partial charge in [0.2, 0.25) is 0 Å². The lowest BCUT2D eigenvalue weighted by Crippen LogP contribution is -2.13. The molecule has 1 aromatic heterocycles. The summed E-state index contributed by atoms with van der Waals surface area (Å²) in [5.74, 6) is 1.54. The van der Waals surface area contributed by atoms with Gasteiger partial charge in [0.05, 0.1) is 32.6 Å². The summed E-state index contributed by atoms with van der Waals surface area (Å²) < 4.78 is 17.5. The Morgan fingerprint density at radius 1 is 1.14 bits per heavy atom. The third kappa shape index (κ3) is 3.93. The Balaban J connectivity index is 1.91. The number of hydrogen-bond donors (Lipinski definition) is 1.